The molecule has 2 aromatic carbocycles. The van der Waals surface area contributed by atoms with Gasteiger partial charge in [0, 0.05) is 23.0 Å². The predicted molar refractivity (Wildman–Crippen MR) is 115 cm³/mol. The lowest BCUT2D eigenvalue weighted by molar-refractivity contribution is 0.413. The van der Waals surface area contributed by atoms with Crippen molar-refractivity contribution in [2.24, 2.45) is 0 Å². The highest BCUT2D eigenvalue weighted by atomic mass is 35.5. The van der Waals surface area contributed by atoms with Crippen LogP contribution in [-0.4, -0.2) is 16.7 Å². The molecule has 0 aliphatic carbocycles. The van der Waals surface area contributed by atoms with Crippen LogP contribution in [0.1, 0.15) is 5.56 Å². The minimum Gasteiger partial charge on any atom is -0.496 e. The highest BCUT2D eigenvalue weighted by Gasteiger charge is 2.18. The Hall–Kier alpha value is -2.34. The maximum absolute atomic E-state index is 15.4. The number of benzene rings is 2. The molecule has 144 valence electrons. The third-order valence-corrected chi connectivity index (χ3v) is 5.42. The Labute approximate surface area is 177 Å². The number of thiophene rings is 1. The zero-order chi connectivity index (χ0) is 18.8. The van der Waals surface area contributed by atoms with Crippen molar-refractivity contribution in [3.63, 3.8) is 0 Å². The van der Waals surface area contributed by atoms with Gasteiger partial charge in [-0.15, -0.1) is 23.7 Å². The number of hydrogen-bond donors (Lipinski definition) is 0. The van der Waals surface area contributed by atoms with Crippen molar-refractivity contribution in [2.45, 2.75) is 6.54 Å². The summed E-state index contributed by atoms with van der Waals surface area (Å²) in [6.07, 6.45) is 3.59. The van der Waals surface area contributed by atoms with Gasteiger partial charge in [0.05, 0.1) is 24.1 Å². The largest absolute Gasteiger partial charge is 0.496 e. The molecule has 0 radical (unpaired) electrons. The van der Waals surface area contributed by atoms with Crippen molar-refractivity contribution in [3.8, 4) is 27.6 Å². The van der Waals surface area contributed by atoms with Gasteiger partial charge in [-0.05, 0) is 35.2 Å². The van der Waals surface area contributed by atoms with Crippen LogP contribution >= 0.6 is 35.3 Å². The minimum atomic E-state index is -0.317. The highest BCUT2D eigenvalue weighted by molar-refractivity contribution is 7.13. The van der Waals surface area contributed by atoms with E-state index in [4.69, 9.17) is 16.3 Å². The van der Waals surface area contributed by atoms with Crippen LogP contribution in [0.25, 0.3) is 21.8 Å². The van der Waals surface area contributed by atoms with Gasteiger partial charge in [0.2, 0.25) is 0 Å². The maximum atomic E-state index is 15.4. The van der Waals surface area contributed by atoms with Crippen molar-refractivity contribution in [3.05, 3.63) is 82.7 Å². The zero-order valence-corrected chi connectivity index (χ0v) is 17.3. The van der Waals surface area contributed by atoms with Gasteiger partial charge in [-0.2, -0.15) is 0 Å². The summed E-state index contributed by atoms with van der Waals surface area (Å²) in [7, 11) is 1.53. The van der Waals surface area contributed by atoms with E-state index >= 15 is 4.39 Å². The zero-order valence-electron chi connectivity index (χ0n) is 14.9. The number of rotatable bonds is 5. The number of halogens is 3. The molecule has 7 heteroatoms. The van der Waals surface area contributed by atoms with E-state index in [0.29, 0.717) is 34.0 Å². The van der Waals surface area contributed by atoms with Crippen LogP contribution in [0.5, 0.6) is 5.75 Å². The van der Waals surface area contributed by atoms with E-state index in [0.717, 1.165) is 10.7 Å². The molecule has 3 nitrogen and oxygen atoms in total. The molecule has 0 N–H and O–H groups in total. The second-order valence-corrected chi connectivity index (χ2v) is 7.37. The molecule has 4 rings (SSSR count). The summed E-state index contributed by atoms with van der Waals surface area (Å²) in [5.41, 5.74) is 1.65. The number of ether oxygens (including phenoxy) is 1. The maximum Gasteiger partial charge on any atom is 0.150 e. The summed E-state index contributed by atoms with van der Waals surface area (Å²) in [6.45, 7) is 0.372. The van der Waals surface area contributed by atoms with E-state index in [2.05, 4.69) is 4.98 Å². The highest BCUT2D eigenvalue weighted by Crippen LogP contribution is 2.36. The first-order valence-electron chi connectivity index (χ1n) is 8.33. The third-order valence-electron chi connectivity index (χ3n) is 4.31. The summed E-state index contributed by atoms with van der Waals surface area (Å²) < 4.78 is 22.8. The fourth-order valence-electron chi connectivity index (χ4n) is 3.06. The number of imidazole rings is 1. The van der Waals surface area contributed by atoms with Gasteiger partial charge in [0.25, 0.3) is 0 Å². The van der Waals surface area contributed by atoms with E-state index in [1.54, 1.807) is 47.9 Å². The third kappa shape index (κ3) is 3.92. The predicted octanol–water partition coefficient (Wildman–Crippen LogP) is 6.55. The topological polar surface area (TPSA) is 27.1 Å². The van der Waals surface area contributed by atoms with Crippen LogP contribution in [0.3, 0.4) is 0 Å². The Kier molecular flexibility index (Phi) is 6.39. The SMILES string of the molecule is COc1ccc(Cn2ccnc2-c2cccs2)c(F)c1-c1cccc(Cl)c1.Cl. The molecule has 0 bridgehead atoms. The van der Waals surface area contributed by atoms with Gasteiger partial charge in [0.15, 0.2) is 0 Å². The van der Waals surface area contributed by atoms with E-state index in [-0.39, 0.29) is 18.2 Å². The molecular weight excluding hydrogens is 418 g/mol. The molecule has 28 heavy (non-hydrogen) atoms. The van der Waals surface area contributed by atoms with Crippen molar-refractivity contribution in [1.29, 1.82) is 0 Å². The molecule has 0 fully saturated rings. The molecule has 0 aliphatic heterocycles. The molecule has 0 unspecified atom stereocenters. The Morgan fingerprint density at radius 2 is 2.04 bits per heavy atom. The van der Waals surface area contributed by atoms with Crippen LogP contribution in [0, 0.1) is 5.82 Å². The molecule has 0 spiro atoms. The monoisotopic (exact) mass is 434 g/mol. The van der Waals surface area contributed by atoms with Gasteiger partial charge in [0.1, 0.15) is 17.4 Å². The fourth-order valence-corrected chi connectivity index (χ4v) is 3.98. The summed E-state index contributed by atoms with van der Waals surface area (Å²) in [4.78, 5) is 5.46. The number of aromatic nitrogens is 2. The van der Waals surface area contributed by atoms with Crippen LogP contribution in [-0.2, 0) is 6.54 Å². The molecule has 4 aromatic rings. The average molecular weight is 435 g/mol. The molecule has 2 aromatic heterocycles. The van der Waals surface area contributed by atoms with Gasteiger partial charge in [-0.1, -0.05) is 35.9 Å². The van der Waals surface area contributed by atoms with Crippen LogP contribution in [0.4, 0.5) is 4.39 Å². The van der Waals surface area contributed by atoms with Gasteiger partial charge in [-0.3, -0.25) is 0 Å². The smallest absolute Gasteiger partial charge is 0.150 e. The van der Waals surface area contributed by atoms with Crippen LogP contribution in [0.2, 0.25) is 5.02 Å². The fraction of sp³-hybridized carbons (Fsp3) is 0.0952. The Balaban J connectivity index is 0.00000225. The van der Waals surface area contributed by atoms with Gasteiger partial charge >= 0.3 is 0 Å². The van der Waals surface area contributed by atoms with Crippen molar-refractivity contribution in [1.82, 2.24) is 9.55 Å². The second-order valence-electron chi connectivity index (χ2n) is 5.98. The van der Waals surface area contributed by atoms with E-state index in [1.807, 2.05) is 34.3 Å². The minimum absolute atomic E-state index is 0. The molecule has 0 aliphatic rings. The first-order valence-corrected chi connectivity index (χ1v) is 9.59. The summed E-state index contributed by atoms with van der Waals surface area (Å²) >= 11 is 7.71. The normalized spacial score (nSPS) is 10.5. The van der Waals surface area contributed by atoms with Crippen molar-refractivity contribution >= 4 is 35.3 Å². The number of hydrogen-bond acceptors (Lipinski definition) is 3. The molecule has 0 saturated carbocycles. The Morgan fingerprint density at radius 3 is 2.75 bits per heavy atom. The lowest BCUT2D eigenvalue weighted by Gasteiger charge is -2.15. The molecule has 0 saturated heterocycles. The Morgan fingerprint density at radius 1 is 1.18 bits per heavy atom. The lowest BCUT2D eigenvalue weighted by Crippen LogP contribution is -2.04. The number of methoxy groups -OCH3 is 1. The molecular formula is C21H17Cl2FN2OS. The number of nitrogens with zero attached hydrogens (tertiary/aromatic N) is 2. The average Bonchev–Trinajstić information content (AvgIpc) is 3.34. The molecule has 0 amide bonds. The Bertz CT molecular complexity index is 1080. The van der Waals surface area contributed by atoms with Crippen molar-refractivity contribution in [2.75, 3.05) is 7.11 Å². The summed E-state index contributed by atoms with van der Waals surface area (Å²) in [6, 6.07) is 14.6. The van der Waals surface area contributed by atoms with Crippen LogP contribution in [0.15, 0.2) is 66.3 Å². The summed E-state index contributed by atoms with van der Waals surface area (Å²) in [5, 5.41) is 2.55. The van der Waals surface area contributed by atoms with Gasteiger partial charge in [-0.25, -0.2) is 9.37 Å². The summed E-state index contributed by atoms with van der Waals surface area (Å²) in [5.74, 6) is 0.981. The van der Waals surface area contributed by atoms with Crippen molar-refractivity contribution < 1.29 is 9.13 Å². The van der Waals surface area contributed by atoms with Crippen LogP contribution < -0.4 is 4.74 Å². The second kappa shape index (κ2) is 8.78. The van der Waals surface area contributed by atoms with E-state index < -0.39 is 0 Å². The quantitative estimate of drug-likeness (QED) is 0.356. The van der Waals surface area contributed by atoms with E-state index in [9.17, 15) is 0 Å². The van der Waals surface area contributed by atoms with Gasteiger partial charge < -0.3 is 9.30 Å². The van der Waals surface area contributed by atoms with E-state index in [1.165, 1.54) is 7.11 Å². The first-order chi connectivity index (χ1) is 13.2. The first kappa shape index (κ1) is 20.4. The lowest BCUT2D eigenvalue weighted by atomic mass is 10.0. The molecule has 2 heterocycles. The molecule has 0 atom stereocenters. The standard InChI is InChI=1S/C21H16ClFN2OS.ClH/c1-26-17-8-7-15(20(23)19(17)14-4-2-5-16(22)12-14)13-25-10-9-24-21(25)18-6-3-11-27-18;/h2-12H,13H2,1H3;1H.